The molecule has 2 heterocycles. The van der Waals surface area contributed by atoms with Crippen LogP contribution in [0.1, 0.15) is 18.9 Å². The van der Waals surface area contributed by atoms with Gasteiger partial charge < -0.3 is 14.8 Å². The summed E-state index contributed by atoms with van der Waals surface area (Å²) in [5.41, 5.74) is 0.632. The Hall–Kier alpha value is -1.33. The number of hydrogen-bond acceptors (Lipinski definition) is 4. The molecule has 0 saturated carbocycles. The molecule has 0 amide bonds. The topological polar surface area (TPSA) is 47.6 Å². The predicted molar refractivity (Wildman–Crippen MR) is 78.0 cm³/mol. The summed E-state index contributed by atoms with van der Waals surface area (Å²) in [6.07, 6.45) is 0.328. The third kappa shape index (κ3) is 2.36. The Morgan fingerprint density at radius 3 is 2.85 bits per heavy atom. The van der Waals surface area contributed by atoms with Crippen molar-refractivity contribution in [2.24, 2.45) is 5.92 Å². The lowest BCUT2D eigenvalue weighted by Gasteiger charge is -2.30. The minimum absolute atomic E-state index is 0.167. The maximum absolute atomic E-state index is 12.1. The molecule has 2 aliphatic rings. The Morgan fingerprint density at radius 2 is 2.25 bits per heavy atom. The molecule has 2 saturated heterocycles. The maximum atomic E-state index is 12.1. The largest absolute Gasteiger partial charge is 0.461 e. The van der Waals surface area contributed by atoms with Crippen molar-refractivity contribution < 1.29 is 14.3 Å². The van der Waals surface area contributed by atoms with Crippen LogP contribution in [-0.2, 0) is 20.9 Å². The number of morpholine rings is 1. The SMILES string of the molecule is B[C@@H]1O[C@@]2(CC(=O)OCc3ccccc3)CN[C@H]1C2C. The first kappa shape index (κ1) is 13.6. The summed E-state index contributed by atoms with van der Waals surface area (Å²) in [4.78, 5) is 12.1. The fraction of sp³-hybridized carbons (Fsp3) is 0.533. The van der Waals surface area contributed by atoms with E-state index in [-0.39, 0.29) is 17.6 Å². The number of rotatable bonds is 4. The predicted octanol–water partition coefficient (Wildman–Crippen LogP) is 0.456. The zero-order valence-corrected chi connectivity index (χ0v) is 12.0. The number of esters is 1. The van der Waals surface area contributed by atoms with Gasteiger partial charge in [-0.2, -0.15) is 0 Å². The van der Waals surface area contributed by atoms with Crippen LogP contribution in [0.4, 0.5) is 0 Å². The molecule has 1 unspecified atom stereocenters. The van der Waals surface area contributed by atoms with E-state index in [1.807, 2.05) is 30.3 Å². The first-order valence-electron chi connectivity index (χ1n) is 7.21. The first-order valence-corrected chi connectivity index (χ1v) is 7.21. The van der Waals surface area contributed by atoms with Crippen LogP contribution in [0.15, 0.2) is 30.3 Å². The minimum Gasteiger partial charge on any atom is -0.461 e. The van der Waals surface area contributed by atoms with Gasteiger partial charge in [0.2, 0.25) is 0 Å². The average molecular weight is 273 g/mol. The van der Waals surface area contributed by atoms with Gasteiger partial charge in [0.25, 0.3) is 0 Å². The van der Waals surface area contributed by atoms with Gasteiger partial charge in [-0.15, -0.1) is 0 Å². The number of benzene rings is 1. The van der Waals surface area contributed by atoms with Crippen molar-refractivity contribution in [2.75, 3.05) is 6.54 Å². The molecule has 106 valence electrons. The van der Waals surface area contributed by atoms with Crippen LogP contribution < -0.4 is 5.32 Å². The van der Waals surface area contributed by atoms with Gasteiger partial charge in [-0.1, -0.05) is 37.3 Å². The monoisotopic (exact) mass is 273 g/mol. The Balaban J connectivity index is 1.57. The van der Waals surface area contributed by atoms with E-state index in [1.54, 1.807) is 0 Å². The van der Waals surface area contributed by atoms with Crippen molar-refractivity contribution in [1.82, 2.24) is 5.32 Å². The molecule has 2 aliphatic heterocycles. The number of carbonyl (C=O) groups excluding carboxylic acids is 1. The van der Waals surface area contributed by atoms with E-state index in [1.165, 1.54) is 0 Å². The molecule has 1 N–H and O–H groups in total. The van der Waals surface area contributed by atoms with E-state index in [9.17, 15) is 4.79 Å². The highest BCUT2D eigenvalue weighted by atomic mass is 16.5. The molecule has 4 nitrogen and oxygen atoms in total. The molecule has 2 bridgehead atoms. The highest BCUT2D eigenvalue weighted by molar-refractivity contribution is 6.12. The van der Waals surface area contributed by atoms with Crippen molar-refractivity contribution in [2.45, 2.75) is 37.6 Å². The lowest BCUT2D eigenvalue weighted by Crippen LogP contribution is -2.46. The minimum atomic E-state index is -0.377. The molecule has 1 aromatic rings. The van der Waals surface area contributed by atoms with Gasteiger partial charge in [-0.05, 0) is 5.56 Å². The molecular formula is C15H20BNO3. The lowest BCUT2D eigenvalue weighted by molar-refractivity contribution is -0.153. The smallest absolute Gasteiger partial charge is 0.309 e. The van der Waals surface area contributed by atoms with E-state index in [0.717, 1.165) is 12.1 Å². The van der Waals surface area contributed by atoms with E-state index in [0.29, 0.717) is 25.0 Å². The second kappa shape index (κ2) is 5.22. The van der Waals surface area contributed by atoms with Crippen LogP contribution in [0.2, 0.25) is 0 Å². The van der Waals surface area contributed by atoms with Gasteiger partial charge in [-0.3, -0.25) is 4.79 Å². The molecule has 0 spiro atoms. The second-order valence-electron chi connectivity index (χ2n) is 5.91. The lowest BCUT2D eigenvalue weighted by atomic mass is 9.84. The zero-order valence-electron chi connectivity index (χ0n) is 12.0. The Bertz CT molecular complexity index is 495. The summed E-state index contributed by atoms with van der Waals surface area (Å²) >= 11 is 0. The summed E-state index contributed by atoms with van der Waals surface area (Å²) in [6, 6.07) is 10.3. The van der Waals surface area contributed by atoms with Crippen LogP contribution in [0.5, 0.6) is 0 Å². The van der Waals surface area contributed by atoms with Crippen LogP contribution >= 0.6 is 0 Å². The van der Waals surface area contributed by atoms with Crippen molar-refractivity contribution in [3.05, 3.63) is 35.9 Å². The van der Waals surface area contributed by atoms with Gasteiger partial charge in [0.05, 0.1) is 12.0 Å². The fourth-order valence-electron chi connectivity index (χ4n) is 3.42. The van der Waals surface area contributed by atoms with Crippen molar-refractivity contribution in [3.8, 4) is 0 Å². The average Bonchev–Trinajstić information content (AvgIpc) is 2.86. The highest BCUT2D eigenvalue weighted by Gasteiger charge is 2.56. The number of nitrogens with one attached hydrogen (secondary N) is 1. The Morgan fingerprint density at radius 1 is 1.50 bits per heavy atom. The van der Waals surface area contributed by atoms with Crippen molar-refractivity contribution >= 4 is 13.8 Å². The molecule has 0 aromatic heterocycles. The highest BCUT2D eigenvalue weighted by Crippen LogP contribution is 2.42. The van der Waals surface area contributed by atoms with E-state index in [2.05, 4.69) is 20.1 Å². The molecule has 5 heteroatoms. The third-order valence-electron chi connectivity index (χ3n) is 4.62. The number of ether oxygens (including phenoxy) is 2. The normalized spacial score (nSPS) is 35.1. The summed E-state index contributed by atoms with van der Waals surface area (Å²) in [5, 5.41) is 3.44. The van der Waals surface area contributed by atoms with Crippen molar-refractivity contribution in [1.29, 1.82) is 0 Å². The first-order chi connectivity index (χ1) is 9.61. The van der Waals surface area contributed by atoms with Crippen molar-refractivity contribution in [3.63, 3.8) is 0 Å². The maximum Gasteiger partial charge on any atom is 0.309 e. The Labute approximate surface area is 120 Å². The van der Waals surface area contributed by atoms with Crippen LogP contribution in [0.25, 0.3) is 0 Å². The third-order valence-corrected chi connectivity index (χ3v) is 4.62. The van der Waals surface area contributed by atoms with Crippen LogP contribution in [0.3, 0.4) is 0 Å². The van der Waals surface area contributed by atoms with E-state index in [4.69, 9.17) is 9.47 Å². The van der Waals surface area contributed by atoms with Gasteiger partial charge in [0, 0.05) is 24.5 Å². The zero-order chi connectivity index (χ0) is 14.2. The molecule has 20 heavy (non-hydrogen) atoms. The molecule has 3 rings (SSSR count). The van der Waals surface area contributed by atoms with Gasteiger partial charge in [0.15, 0.2) is 0 Å². The molecule has 4 atom stereocenters. The van der Waals surface area contributed by atoms with Crippen LogP contribution in [0, 0.1) is 5.92 Å². The molecule has 0 aliphatic carbocycles. The van der Waals surface area contributed by atoms with Gasteiger partial charge >= 0.3 is 5.97 Å². The van der Waals surface area contributed by atoms with Gasteiger partial charge in [0.1, 0.15) is 14.5 Å². The van der Waals surface area contributed by atoms with E-state index >= 15 is 0 Å². The number of hydrogen-bond donors (Lipinski definition) is 1. The molecular weight excluding hydrogens is 253 g/mol. The Kier molecular flexibility index (Phi) is 3.56. The van der Waals surface area contributed by atoms with Crippen LogP contribution in [-0.4, -0.2) is 38.0 Å². The van der Waals surface area contributed by atoms with Gasteiger partial charge in [-0.25, -0.2) is 0 Å². The standard InChI is InChI=1S/C15H20BNO3/c1-10-13-14(16)20-15(10,9-17-13)7-12(18)19-8-11-5-3-2-4-6-11/h2-6,10,13-14,17H,7-9,16H2,1H3/t10?,13-,14+,15-/m0/s1. The summed E-state index contributed by atoms with van der Waals surface area (Å²) in [6.45, 7) is 3.22. The fourth-order valence-corrected chi connectivity index (χ4v) is 3.42. The van der Waals surface area contributed by atoms with E-state index < -0.39 is 0 Å². The number of carbonyl (C=O) groups is 1. The molecule has 1 aromatic carbocycles. The quantitative estimate of drug-likeness (QED) is 0.639. The molecule has 0 radical (unpaired) electrons. The summed E-state index contributed by atoms with van der Waals surface area (Å²) in [7, 11) is 2.06. The summed E-state index contributed by atoms with van der Waals surface area (Å²) < 4.78 is 11.4. The second-order valence-corrected chi connectivity index (χ2v) is 5.91. The number of fused-ring (bicyclic) bond motifs is 2. The summed E-state index contributed by atoms with van der Waals surface area (Å²) in [5.74, 6) is 0.166. The molecule has 2 fully saturated rings.